The molecule has 8 heteroatoms. The molecule has 3 rings (SSSR count). The van der Waals surface area contributed by atoms with Gasteiger partial charge in [0.15, 0.2) is 0 Å². The second-order valence-electron chi connectivity index (χ2n) is 5.34. The Morgan fingerprint density at radius 2 is 2.12 bits per heavy atom. The molecular formula is C16H14F2N4OS. The topological polar surface area (TPSA) is 59.8 Å². The van der Waals surface area contributed by atoms with Crippen LogP contribution in [0, 0.1) is 25.5 Å². The average Bonchev–Trinajstić information content (AvgIpc) is 3.11. The number of hydrogen-bond acceptors (Lipinski definition) is 4. The molecule has 0 saturated carbocycles. The Morgan fingerprint density at radius 3 is 2.83 bits per heavy atom. The summed E-state index contributed by atoms with van der Waals surface area (Å²) in [7, 11) is 0. The van der Waals surface area contributed by atoms with Gasteiger partial charge >= 0.3 is 0 Å². The van der Waals surface area contributed by atoms with Crippen LogP contribution in [0.1, 0.15) is 27.2 Å². The van der Waals surface area contributed by atoms with Crippen LogP contribution in [0.4, 0.5) is 14.6 Å². The number of nitrogens with zero attached hydrogens (tertiary/aromatic N) is 3. The van der Waals surface area contributed by atoms with Crippen LogP contribution in [0.25, 0.3) is 0 Å². The van der Waals surface area contributed by atoms with Crippen LogP contribution in [0.5, 0.6) is 0 Å². The van der Waals surface area contributed by atoms with E-state index in [1.54, 1.807) is 25.4 Å². The monoisotopic (exact) mass is 348 g/mol. The van der Waals surface area contributed by atoms with Gasteiger partial charge in [-0.2, -0.15) is 9.47 Å². The Morgan fingerprint density at radius 1 is 1.33 bits per heavy atom. The molecule has 0 aliphatic carbocycles. The van der Waals surface area contributed by atoms with Gasteiger partial charge < -0.3 is 5.32 Å². The summed E-state index contributed by atoms with van der Waals surface area (Å²) in [5.41, 5.74) is 1.99. The SMILES string of the molecule is Cc1cnn(Cc2cc(F)ccc2F)c1NC(=O)c1csnc1C. The fraction of sp³-hybridized carbons (Fsp3) is 0.188. The number of anilines is 1. The maximum Gasteiger partial charge on any atom is 0.259 e. The fourth-order valence-electron chi connectivity index (χ4n) is 2.27. The van der Waals surface area contributed by atoms with Crippen molar-refractivity contribution in [2.45, 2.75) is 20.4 Å². The number of aromatic nitrogens is 3. The van der Waals surface area contributed by atoms with Gasteiger partial charge in [-0.3, -0.25) is 4.79 Å². The van der Waals surface area contributed by atoms with Gasteiger partial charge in [0.05, 0.1) is 24.0 Å². The summed E-state index contributed by atoms with van der Waals surface area (Å²) in [4.78, 5) is 12.4. The molecule has 2 heterocycles. The van der Waals surface area contributed by atoms with Gasteiger partial charge in [0.2, 0.25) is 0 Å². The van der Waals surface area contributed by atoms with Crippen molar-refractivity contribution in [2.75, 3.05) is 5.32 Å². The fourth-order valence-corrected chi connectivity index (χ4v) is 2.96. The normalized spacial score (nSPS) is 10.8. The van der Waals surface area contributed by atoms with Crippen molar-refractivity contribution in [2.24, 2.45) is 0 Å². The van der Waals surface area contributed by atoms with Gasteiger partial charge in [-0.1, -0.05) is 0 Å². The summed E-state index contributed by atoms with van der Waals surface area (Å²) in [5.74, 6) is -0.930. The first kappa shape index (κ1) is 16.3. The van der Waals surface area contributed by atoms with Crippen molar-refractivity contribution in [3.8, 4) is 0 Å². The average molecular weight is 348 g/mol. The number of benzene rings is 1. The van der Waals surface area contributed by atoms with Crippen LogP contribution in [0.3, 0.4) is 0 Å². The second kappa shape index (κ2) is 6.48. The van der Waals surface area contributed by atoms with E-state index >= 15 is 0 Å². The van der Waals surface area contributed by atoms with Crippen LogP contribution in [-0.2, 0) is 6.54 Å². The van der Waals surface area contributed by atoms with Crippen LogP contribution < -0.4 is 5.32 Å². The molecule has 3 aromatic rings. The summed E-state index contributed by atoms with van der Waals surface area (Å²) in [6.45, 7) is 3.53. The van der Waals surface area contributed by atoms with Gasteiger partial charge in [0.1, 0.15) is 17.5 Å². The number of carbonyl (C=O) groups excluding carboxylic acids is 1. The minimum absolute atomic E-state index is 0.00785. The molecule has 0 spiro atoms. The molecule has 0 atom stereocenters. The summed E-state index contributed by atoms with van der Waals surface area (Å²) in [6.07, 6.45) is 1.56. The first-order valence-corrected chi connectivity index (χ1v) is 7.98. The van der Waals surface area contributed by atoms with Gasteiger partial charge in [-0.05, 0) is 43.6 Å². The molecule has 1 aromatic carbocycles. The van der Waals surface area contributed by atoms with E-state index in [0.717, 1.165) is 23.8 Å². The lowest BCUT2D eigenvalue weighted by molar-refractivity contribution is 0.102. The van der Waals surface area contributed by atoms with E-state index in [-0.39, 0.29) is 18.0 Å². The Balaban J connectivity index is 1.88. The molecule has 1 N–H and O–H groups in total. The van der Waals surface area contributed by atoms with Crippen LogP contribution in [0.2, 0.25) is 0 Å². The van der Waals surface area contributed by atoms with Crippen LogP contribution in [-0.4, -0.2) is 20.1 Å². The predicted octanol–water partition coefficient (Wildman–Crippen LogP) is 3.54. The molecule has 24 heavy (non-hydrogen) atoms. The molecule has 1 amide bonds. The number of halogens is 2. The zero-order chi connectivity index (χ0) is 17.3. The zero-order valence-electron chi connectivity index (χ0n) is 13.0. The zero-order valence-corrected chi connectivity index (χ0v) is 13.8. The summed E-state index contributed by atoms with van der Waals surface area (Å²) in [5, 5.41) is 8.57. The Labute approximate surface area is 141 Å². The smallest absolute Gasteiger partial charge is 0.259 e. The van der Waals surface area contributed by atoms with Crippen molar-refractivity contribution < 1.29 is 13.6 Å². The molecule has 0 aliphatic rings. The Hall–Kier alpha value is -2.61. The van der Waals surface area contributed by atoms with E-state index in [1.807, 2.05) is 0 Å². The van der Waals surface area contributed by atoms with Crippen LogP contribution in [0.15, 0.2) is 29.8 Å². The maximum atomic E-state index is 13.8. The second-order valence-corrected chi connectivity index (χ2v) is 5.97. The van der Waals surface area contributed by atoms with Gasteiger partial charge in [-0.15, -0.1) is 0 Å². The highest BCUT2D eigenvalue weighted by molar-refractivity contribution is 7.04. The van der Waals surface area contributed by atoms with Crippen LogP contribution >= 0.6 is 11.5 Å². The van der Waals surface area contributed by atoms with Gasteiger partial charge in [0, 0.05) is 16.5 Å². The van der Waals surface area contributed by atoms with E-state index in [2.05, 4.69) is 14.8 Å². The lowest BCUT2D eigenvalue weighted by Gasteiger charge is -2.11. The minimum Gasteiger partial charge on any atom is -0.306 e. The lowest BCUT2D eigenvalue weighted by Crippen LogP contribution is -2.17. The molecule has 2 aromatic heterocycles. The highest BCUT2D eigenvalue weighted by Crippen LogP contribution is 2.20. The van der Waals surface area contributed by atoms with Crippen molar-refractivity contribution in [1.82, 2.24) is 14.2 Å². The Kier molecular flexibility index (Phi) is 4.39. The molecule has 0 bridgehead atoms. The first-order valence-electron chi connectivity index (χ1n) is 7.14. The van der Waals surface area contributed by atoms with Crippen molar-refractivity contribution in [3.63, 3.8) is 0 Å². The molecule has 0 aliphatic heterocycles. The number of aryl methyl sites for hydroxylation is 2. The number of nitrogens with one attached hydrogen (secondary N) is 1. The largest absolute Gasteiger partial charge is 0.306 e. The molecule has 0 saturated heterocycles. The van der Waals surface area contributed by atoms with E-state index in [0.29, 0.717) is 17.1 Å². The molecule has 0 radical (unpaired) electrons. The molecular weight excluding hydrogens is 334 g/mol. The van der Waals surface area contributed by atoms with Crippen molar-refractivity contribution in [1.29, 1.82) is 0 Å². The Bertz CT molecular complexity index is 903. The quantitative estimate of drug-likeness (QED) is 0.785. The maximum absolute atomic E-state index is 13.8. The van der Waals surface area contributed by atoms with E-state index in [4.69, 9.17) is 0 Å². The molecule has 0 fully saturated rings. The third-order valence-electron chi connectivity index (χ3n) is 3.58. The van der Waals surface area contributed by atoms with Gasteiger partial charge in [0.25, 0.3) is 5.91 Å². The number of amides is 1. The van der Waals surface area contributed by atoms with Crippen molar-refractivity contribution >= 4 is 23.3 Å². The summed E-state index contributed by atoms with van der Waals surface area (Å²) in [6, 6.07) is 3.24. The van der Waals surface area contributed by atoms with Crippen molar-refractivity contribution in [3.05, 3.63) is 63.8 Å². The van der Waals surface area contributed by atoms with E-state index in [9.17, 15) is 13.6 Å². The summed E-state index contributed by atoms with van der Waals surface area (Å²) < 4.78 is 32.7. The predicted molar refractivity (Wildman–Crippen MR) is 87.2 cm³/mol. The third-order valence-corrected chi connectivity index (χ3v) is 4.30. The number of rotatable bonds is 4. The minimum atomic E-state index is -0.528. The molecule has 5 nitrogen and oxygen atoms in total. The summed E-state index contributed by atoms with van der Waals surface area (Å²) >= 11 is 1.20. The number of hydrogen-bond donors (Lipinski definition) is 1. The molecule has 124 valence electrons. The van der Waals surface area contributed by atoms with E-state index in [1.165, 1.54) is 16.2 Å². The third kappa shape index (κ3) is 3.18. The molecule has 0 unspecified atom stereocenters. The lowest BCUT2D eigenvalue weighted by atomic mass is 10.2. The standard InChI is InChI=1S/C16H14F2N4OS/c1-9-6-19-22(7-11-5-12(17)3-4-14(11)18)15(9)20-16(23)13-8-24-21-10(13)2/h3-6,8H,7H2,1-2H3,(H,20,23). The highest BCUT2D eigenvalue weighted by Gasteiger charge is 2.17. The van der Waals surface area contributed by atoms with Gasteiger partial charge in [-0.25, -0.2) is 13.5 Å². The van der Waals surface area contributed by atoms with E-state index < -0.39 is 11.6 Å². The highest BCUT2D eigenvalue weighted by atomic mass is 32.1. The number of carbonyl (C=O) groups is 1. The first-order chi connectivity index (χ1) is 11.5.